The van der Waals surface area contributed by atoms with Crippen molar-refractivity contribution in [1.29, 1.82) is 0 Å². The minimum atomic E-state index is -0.782. The van der Waals surface area contributed by atoms with Crippen molar-refractivity contribution < 1.29 is 31.5 Å². The molecular formula is C14H19BrN2O2S. The van der Waals surface area contributed by atoms with Crippen LogP contribution in [0.1, 0.15) is 24.8 Å². The van der Waals surface area contributed by atoms with Crippen molar-refractivity contribution in [2.24, 2.45) is 0 Å². The van der Waals surface area contributed by atoms with E-state index in [-0.39, 0.29) is 22.7 Å². The molecule has 1 heterocycles. The van der Waals surface area contributed by atoms with E-state index in [1.807, 2.05) is 24.3 Å². The molecule has 0 amide bonds. The van der Waals surface area contributed by atoms with Gasteiger partial charge in [-0.3, -0.25) is 4.79 Å². The fourth-order valence-corrected chi connectivity index (χ4v) is 3.14. The number of carboxylic acids is 1. The Hall–Kier alpha value is -1.01. The van der Waals surface area contributed by atoms with Crippen LogP contribution >= 0.6 is 11.8 Å². The van der Waals surface area contributed by atoms with E-state index in [9.17, 15) is 4.79 Å². The minimum Gasteiger partial charge on any atom is -1.00 e. The Morgan fingerprint density at radius 1 is 1.20 bits per heavy atom. The molecule has 1 saturated heterocycles. The Kier molecular flexibility index (Phi) is 7.09. The smallest absolute Gasteiger partial charge is 0.314 e. The first-order valence-corrected chi connectivity index (χ1v) is 7.48. The molecule has 0 radical (unpaired) electrons. The summed E-state index contributed by atoms with van der Waals surface area (Å²) in [5.74, 6) is -0.689. The number of nitrogens with zero attached hydrogens (tertiary/aromatic N) is 1. The van der Waals surface area contributed by atoms with Crippen LogP contribution in [0.25, 0.3) is 0 Å². The molecular weight excluding hydrogens is 340 g/mol. The van der Waals surface area contributed by atoms with Crippen LogP contribution in [0.4, 0.5) is 5.69 Å². The molecule has 110 valence electrons. The topological polar surface area (TPSA) is 66.3 Å². The number of benzene rings is 1. The molecule has 1 aliphatic heterocycles. The van der Waals surface area contributed by atoms with Gasteiger partial charge in [-0.25, -0.2) is 4.58 Å². The lowest BCUT2D eigenvalue weighted by Crippen LogP contribution is -3.00. The van der Waals surface area contributed by atoms with E-state index < -0.39 is 5.97 Å². The van der Waals surface area contributed by atoms with Crippen molar-refractivity contribution in [2.75, 3.05) is 24.6 Å². The number of hydrogen-bond acceptors (Lipinski definition) is 3. The number of piperidine rings is 1. The summed E-state index contributed by atoms with van der Waals surface area (Å²) >= 11 is 1.40. The summed E-state index contributed by atoms with van der Waals surface area (Å²) in [6.07, 6.45) is 3.60. The average molecular weight is 359 g/mol. The maximum atomic E-state index is 10.8. The molecule has 0 bridgehead atoms. The second kappa shape index (κ2) is 8.32. The van der Waals surface area contributed by atoms with Gasteiger partial charge in [0.15, 0.2) is 0 Å². The fourth-order valence-electron chi connectivity index (χ4n) is 2.21. The van der Waals surface area contributed by atoms with Crippen molar-refractivity contribution >= 4 is 28.5 Å². The van der Waals surface area contributed by atoms with E-state index in [1.165, 1.54) is 31.0 Å². The molecule has 6 heteroatoms. The summed E-state index contributed by atoms with van der Waals surface area (Å²) in [6.45, 7) is 2.01. The second-order valence-corrected chi connectivity index (χ2v) is 5.62. The van der Waals surface area contributed by atoms with Crippen LogP contribution in [-0.4, -0.2) is 39.5 Å². The maximum Gasteiger partial charge on any atom is 0.314 e. The lowest BCUT2D eigenvalue weighted by molar-refractivity contribution is -0.534. The number of anilines is 1. The Morgan fingerprint density at radius 2 is 1.80 bits per heavy atom. The Balaban J connectivity index is 0.00000200. The van der Waals surface area contributed by atoms with Gasteiger partial charge in [-0.15, -0.1) is 0 Å². The summed E-state index contributed by atoms with van der Waals surface area (Å²) in [6, 6.07) is 7.66. The molecule has 20 heavy (non-hydrogen) atoms. The lowest BCUT2D eigenvalue weighted by Gasteiger charge is -2.14. The first-order valence-electron chi connectivity index (χ1n) is 6.49. The highest BCUT2D eigenvalue weighted by Crippen LogP contribution is 2.18. The van der Waals surface area contributed by atoms with Crippen molar-refractivity contribution in [1.82, 2.24) is 0 Å². The van der Waals surface area contributed by atoms with Gasteiger partial charge < -0.3 is 27.8 Å². The number of carbonyl (C=O) groups is 1. The normalized spacial score (nSPS) is 14.5. The van der Waals surface area contributed by atoms with E-state index in [4.69, 9.17) is 10.8 Å². The molecule has 0 saturated carbocycles. The van der Waals surface area contributed by atoms with E-state index >= 15 is 0 Å². The molecule has 4 nitrogen and oxygen atoms in total. The molecule has 0 spiro atoms. The quantitative estimate of drug-likeness (QED) is 0.414. The molecule has 3 N–H and O–H groups in total. The molecule has 0 atom stereocenters. The molecule has 0 unspecified atom stereocenters. The van der Waals surface area contributed by atoms with Crippen LogP contribution in [0.15, 0.2) is 24.3 Å². The zero-order valence-electron chi connectivity index (χ0n) is 11.2. The van der Waals surface area contributed by atoms with Gasteiger partial charge in [0, 0.05) is 18.5 Å². The van der Waals surface area contributed by atoms with Crippen molar-refractivity contribution in [3.05, 3.63) is 29.8 Å². The van der Waals surface area contributed by atoms with Crippen molar-refractivity contribution in [3.8, 4) is 0 Å². The summed E-state index contributed by atoms with van der Waals surface area (Å²) < 4.78 is 2.29. The average Bonchev–Trinajstić information content (AvgIpc) is 2.42. The summed E-state index contributed by atoms with van der Waals surface area (Å²) in [7, 11) is 0. The fraction of sp³-hybridized carbons (Fsp3) is 0.429. The van der Waals surface area contributed by atoms with Crippen LogP contribution < -0.4 is 22.7 Å². The van der Waals surface area contributed by atoms with Gasteiger partial charge in [0.1, 0.15) is 18.8 Å². The molecule has 2 rings (SSSR count). The van der Waals surface area contributed by atoms with E-state index in [2.05, 4.69) is 4.58 Å². The van der Waals surface area contributed by atoms with Gasteiger partial charge in [-0.05, 0) is 42.4 Å². The third kappa shape index (κ3) is 4.83. The van der Waals surface area contributed by atoms with Crippen LogP contribution in [0, 0.1) is 0 Å². The van der Waals surface area contributed by atoms with Crippen LogP contribution in [0.2, 0.25) is 0 Å². The van der Waals surface area contributed by atoms with Gasteiger partial charge in [0.2, 0.25) is 5.04 Å². The standard InChI is InChI=1S/C14H18N2O2S.BrH/c15-12-6-4-11(5-7-12)14(19-10-13(17)18)16-8-2-1-3-9-16;/h4-7,15H,1-3,8-10H2,(H,17,18);1H. The summed E-state index contributed by atoms with van der Waals surface area (Å²) in [4.78, 5) is 10.8. The first kappa shape index (κ1) is 17.0. The maximum absolute atomic E-state index is 10.8. The van der Waals surface area contributed by atoms with Gasteiger partial charge >= 0.3 is 5.97 Å². The second-order valence-electron chi connectivity index (χ2n) is 4.66. The lowest BCUT2D eigenvalue weighted by atomic mass is 10.1. The van der Waals surface area contributed by atoms with E-state index in [0.717, 1.165) is 29.4 Å². The van der Waals surface area contributed by atoms with Crippen LogP contribution in [0.3, 0.4) is 0 Å². The van der Waals surface area contributed by atoms with Gasteiger partial charge in [0.25, 0.3) is 0 Å². The van der Waals surface area contributed by atoms with Crippen molar-refractivity contribution in [3.63, 3.8) is 0 Å². The number of hydrogen-bond donors (Lipinski definition) is 2. The predicted molar refractivity (Wildman–Crippen MR) is 78.9 cm³/mol. The number of rotatable bonds is 3. The van der Waals surface area contributed by atoms with Gasteiger partial charge in [-0.1, -0.05) is 0 Å². The highest BCUT2D eigenvalue weighted by Gasteiger charge is 2.21. The zero-order valence-corrected chi connectivity index (χ0v) is 13.6. The third-order valence-electron chi connectivity index (χ3n) is 3.13. The Bertz CT molecular complexity index is 480. The van der Waals surface area contributed by atoms with Crippen LogP contribution in [-0.2, 0) is 4.79 Å². The highest BCUT2D eigenvalue weighted by atomic mass is 79.9. The number of carboxylic acid groups (broad SMARTS) is 1. The third-order valence-corrected chi connectivity index (χ3v) is 4.29. The number of aliphatic carboxylic acids is 1. The Morgan fingerprint density at radius 3 is 2.35 bits per heavy atom. The van der Waals surface area contributed by atoms with Crippen LogP contribution in [0.5, 0.6) is 0 Å². The zero-order chi connectivity index (χ0) is 13.7. The molecule has 1 aliphatic rings. The minimum absolute atomic E-state index is 0. The molecule has 0 aliphatic carbocycles. The number of thioether (sulfide) groups is 1. The van der Waals surface area contributed by atoms with E-state index in [0.29, 0.717) is 0 Å². The Labute approximate surface area is 133 Å². The monoisotopic (exact) mass is 358 g/mol. The first-order chi connectivity index (χ1) is 9.16. The number of halogens is 1. The molecule has 1 fully saturated rings. The largest absolute Gasteiger partial charge is 1.00 e. The summed E-state index contributed by atoms with van der Waals surface area (Å²) in [5.41, 5.74) is 7.49. The van der Waals surface area contributed by atoms with Gasteiger partial charge in [-0.2, -0.15) is 0 Å². The molecule has 1 aromatic rings. The molecule has 0 aromatic heterocycles. The molecule has 1 aromatic carbocycles. The number of nitrogen functional groups attached to an aromatic ring is 1. The van der Waals surface area contributed by atoms with Crippen molar-refractivity contribution in [2.45, 2.75) is 19.3 Å². The number of nitrogens with two attached hydrogens (primary N) is 1. The van der Waals surface area contributed by atoms with Gasteiger partial charge in [0.05, 0.1) is 5.56 Å². The SMILES string of the molecule is Nc1ccc(C(SCC(=O)O)=[N+]2CCCCC2)cc1.[Br-]. The van der Waals surface area contributed by atoms with E-state index in [1.54, 1.807) is 0 Å². The predicted octanol–water partition coefficient (Wildman–Crippen LogP) is -0.966. The highest BCUT2D eigenvalue weighted by molar-refractivity contribution is 8.14. The summed E-state index contributed by atoms with van der Waals surface area (Å²) in [5, 5.41) is 9.94.